The molecule has 0 bridgehead atoms. The molecule has 4 rings (SSSR count). The standard InChI is InChI=1S/C23H21NO/c1-23(20-14-8-12-18-11-6-7-13-19(18)20)16-22(25)21(24(23)2)15-17-9-4-3-5-10-17/h3-15H,16H2,1-2H3/b21-15+/t23-/m0/s1. The Morgan fingerprint density at radius 1 is 0.920 bits per heavy atom. The Balaban J connectivity index is 1.83. The summed E-state index contributed by atoms with van der Waals surface area (Å²) in [4.78, 5) is 14.9. The number of nitrogens with zero attached hydrogens (tertiary/aromatic N) is 1. The summed E-state index contributed by atoms with van der Waals surface area (Å²) in [5, 5.41) is 2.43. The molecule has 0 unspecified atom stereocenters. The third-order valence-corrected chi connectivity index (χ3v) is 5.36. The summed E-state index contributed by atoms with van der Waals surface area (Å²) in [6.07, 6.45) is 2.49. The van der Waals surface area contributed by atoms with Crippen molar-refractivity contribution < 1.29 is 4.79 Å². The summed E-state index contributed by atoms with van der Waals surface area (Å²) >= 11 is 0. The van der Waals surface area contributed by atoms with E-state index >= 15 is 0 Å². The van der Waals surface area contributed by atoms with Crippen LogP contribution in [0, 0.1) is 0 Å². The van der Waals surface area contributed by atoms with Crippen molar-refractivity contribution in [1.29, 1.82) is 0 Å². The molecule has 124 valence electrons. The molecule has 25 heavy (non-hydrogen) atoms. The number of Topliss-reactive ketones (excluding diaryl/α,β-unsaturated/α-hetero) is 1. The molecule has 1 fully saturated rings. The summed E-state index contributed by atoms with van der Waals surface area (Å²) < 4.78 is 0. The first kappa shape index (κ1) is 15.6. The fourth-order valence-corrected chi connectivity index (χ4v) is 3.83. The maximum Gasteiger partial charge on any atom is 0.181 e. The molecule has 1 aliphatic rings. The lowest BCUT2D eigenvalue weighted by Crippen LogP contribution is -2.34. The molecule has 0 saturated carbocycles. The monoisotopic (exact) mass is 327 g/mol. The van der Waals surface area contributed by atoms with E-state index in [4.69, 9.17) is 0 Å². The first-order valence-corrected chi connectivity index (χ1v) is 8.62. The Labute approximate surface area is 148 Å². The molecule has 1 saturated heterocycles. The average molecular weight is 327 g/mol. The first-order valence-electron chi connectivity index (χ1n) is 8.62. The van der Waals surface area contributed by atoms with Gasteiger partial charge in [-0.15, -0.1) is 0 Å². The Kier molecular flexibility index (Phi) is 3.69. The second kappa shape index (κ2) is 5.89. The minimum absolute atomic E-state index is 0.196. The van der Waals surface area contributed by atoms with Gasteiger partial charge in [0.05, 0.1) is 11.2 Å². The van der Waals surface area contributed by atoms with Crippen LogP contribution in [0.5, 0.6) is 0 Å². The van der Waals surface area contributed by atoms with Gasteiger partial charge in [0.25, 0.3) is 0 Å². The van der Waals surface area contributed by atoms with Gasteiger partial charge < -0.3 is 4.90 Å². The highest BCUT2D eigenvalue weighted by Gasteiger charge is 2.44. The van der Waals surface area contributed by atoms with Crippen LogP contribution in [0.15, 0.2) is 78.5 Å². The van der Waals surface area contributed by atoms with Gasteiger partial charge >= 0.3 is 0 Å². The van der Waals surface area contributed by atoms with E-state index in [1.807, 2.05) is 43.5 Å². The van der Waals surface area contributed by atoms with Gasteiger partial charge in [-0.05, 0) is 34.9 Å². The molecular formula is C23H21NO. The Morgan fingerprint density at radius 2 is 1.60 bits per heavy atom. The molecule has 2 heteroatoms. The van der Waals surface area contributed by atoms with Gasteiger partial charge in [-0.3, -0.25) is 4.79 Å². The maximum absolute atomic E-state index is 12.8. The normalized spacial score (nSPS) is 22.1. The quantitative estimate of drug-likeness (QED) is 0.617. The van der Waals surface area contributed by atoms with Crippen LogP contribution in [-0.2, 0) is 10.3 Å². The predicted molar refractivity (Wildman–Crippen MR) is 103 cm³/mol. The lowest BCUT2D eigenvalue weighted by atomic mass is 9.86. The number of benzene rings is 3. The van der Waals surface area contributed by atoms with Gasteiger partial charge in [-0.1, -0.05) is 72.8 Å². The number of carbonyl (C=O) groups excluding carboxylic acids is 1. The number of likely N-dealkylation sites (tertiary alicyclic amines) is 1. The zero-order chi connectivity index (χ0) is 17.4. The molecule has 0 spiro atoms. The summed E-state index contributed by atoms with van der Waals surface area (Å²) in [6.45, 7) is 2.17. The highest BCUT2D eigenvalue weighted by molar-refractivity contribution is 6.03. The van der Waals surface area contributed by atoms with Crippen LogP contribution in [0.3, 0.4) is 0 Å². The molecule has 2 nitrogen and oxygen atoms in total. The number of hydrogen-bond acceptors (Lipinski definition) is 2. The van der Waals surface area contributed by atoms with Crippen LogP contribution < -0.4 is 0 Å². The molecule has 0 amide bonds. The van der Waals surface area contributed by atoms with Crippen LogP contribution in [0.25, 0.3) is 16.8 Å². The minimum Gasteiger partial charge on any atom is -0.362 e. The largest absolute Gasteiger partial charge is 0.362 e. The van der Waals surface area contributed by atoms with Gasteiger partial charge in [-0.2, -0.15) is 0 Å². The van der Waals surface area contributed by atoms with Gasteiger partial charge in [0.2, 0.25) is 0 Å². The molecule has 0 N–H and O–H groups in total. The van der Waals surface area contributed by atoms with Crippen molar-refractivity contribution in [2.75, 3.05) is 7.05 Å². The number of rotatable bonds is 2. The lowest BCUT2D eigenvalue weighted by Gasteiger charge is -2.35. The topological polar surface area (TPSA) is 20.3 Å². The van der Waals surface area contributed by atoms with Gasteiger partial charge in [0, 0.05) is 13.5 Å². The molecule has 0 radical (unpaired) electrons. The fraction of sp³-hybridized carbons (Fsp3) is 0.174. The number of fused-ring (bicyclic) bond motifs is 1. The van der Waals surface area contributed by atoms with E-state index in [1.54, 1.807) is 0 Å². The van der Waals surface area contributed by atoms with E-state index in [1.165, 1.54) is 16.3 Å². The Hall–Kier alpha value is -2.87. The summed E-state index contributed by atoms with van der Waals surface area (Å²) in [7, 11) is 2.03. The highest BCUT2D eigenvalue weighted by Crippen LogP contribution is 2.43. The van der Waals surface area contributed by atoms with Crippen LogP contribution in [0.4, 0.5) is 0 Å². The van der Waals surface area contributed by atoms with Gasteiger partial charge in [0.1, 0.15) is 0 Å². The van der Waals surface area contributed by atoms with Crippen molar-refractivity contribution in [1.82, 2.24) is 4.90 Å². The van der Waals surface area contributed by atoms with Crippen LogP contribution in [0.2, 0.25) is 0 Å². The Morgan fingerprint density at radius 3 is 2.40 bits per heavy atom. The second-order valence-electron chi connectivity index (χ2n) is 6.90. The van der Waals surface area contributed by atoms with Crippen molar-refractivity contribution >= 4 is 22.6 Å². The van der Waals surface area contributed by atoms with E-state index in [-0.39, 0.29) is 11.3 Å². The van der Waals surface area contributed by atoms with Crippen LogP contribution in [0.1, 0.15) is 24.5 Å². The van der Waals surface area contributed by atoms with E-state index in [2.05, 4.69) is 54.3 Å². The van der Waals surface area contributed by atoms with E-state index in [9.17, 15) is 4.79 Å². The number of ketones is 1. The zero-order valence-corrected chi connectivity index (χ0v) is 14.6. The Bertz CT molecular complexity index is 968. The summed E-state index contributed by atoms with van der Waals surface area (Å²) in [6, 6.07) is 24.8. The molecular weight excluding hydrogens is 306 g/mol. The third-order valence-electron chi connectivity index (χ3n) is 5.36. The summed E-state index contributed by atoms with van der Waals surface area (Å²) in [5.74, 6) is 0.196. The maximum atomic E-state index is 12.8. The lowest BCUT2D eigenvalue weighted by molar-refractivity contribution is -0.114. The SMILES string of the molecule is CN1/C(=C/c2ccccc2)C(=O)C[C@@]1(C)c1cccc2ccccc12. The predicted octanol–water partition coefficient (Wildman–Crippen LogP) is 5.00. The van der Waals surface area contributed by atoms with E-state index in [0.717, 1.165) is 11.3 Å². The van der Waals surface area contributed by atoms with Crippen molar-refractivity contribution in [3.8, 4) is 0 Å². The van der Waals surface area contributed by atoms with Gasteiger partial charge in [-0.25, -0.2) is 0 Å². The van der Waals surface area contributed by atoms with E-state index in [0.29, 0.717) is 6.42 Å². The highest BCUT2D eigenvalue weighted by atomic mass is 16.1. The molecule has 3 aromatic carbocycles. The zero-order valence-electron chi connectivity index (χ0n) is 14.6. The van der Waals surface area contributed by atoms with E-state index < -0.39 is 0 Å². The molecule has 1 heterocycles. The first-order chi connectivity index (χ1) is 12.1. The number of likely N-dealkylation sites (N-methyl/N-ethyl adjacent to an activating group) is 1. The average Bonchev–Trinajstić information content (AvgIpc) is 2.86. The fourth-order valence-electron chi connectivity index (χ4n) is 3.83. The minimum atomic E-state index is -0.335. The number of carbonyl (C=O) groups is 1. The van der Waals surface area contributed by atoms with Crippen molar-refractivity contribution in [2.45, 2.75) is 18.9 Å². The summed E-state index contributed by atoms with van der Waals surface area (Å²) in [5.41, 5.74) is 2.71. The number of allylic oxidation sites excluding steroid dienone is 1. The molecule has 3 aromatic rings. The van der Waals surface area contributed by atoms with Crippen molar-refractivity contribution in [3.05, 3.63) is 89.6 Å². The number of hydrogen-bond donors (Lipinski definition) is 0. The third kappa shape index (κ3) is 2.54. The van der Waals surface area contributed by atoms with Crippen molar-refractivity contribution in [3.63, 3.8) is 0 Å². The molecule has 1 aliphatic heterocycles. The van der Waals surface area contributed by atoms with Crippen LogP contribution >= 0.6 is 0 Å². The van der Waals surface area contributed by atoms with Gasteiger partial charge in [0.15, 0.2) is 5.78 Å². The smallest absolute Gasteiger partial charge is 0.181 e. The van der Waals surface area contributed by atoms with Crippen LogP contribution in [-0.4, -0.2) is 17.7 Å². The second-order valence-corrected chi connectivity index (χ2v) is 6.90. The molecule has 0 aliphatic carbocycles. The molecule has 0 aromatic heterocycles. The van der Waals surface area contributed by atoms with Crippen molar-refractivity contribution in [2.24, 2.45) is 0 Å². The molecule has 1 atom stereocenters.